The normalized spacial score (nSPS) is 24.4. The monoisotopic (exact) mass is 349 g/mol. The van der Waals surface area contributed by atoms with E-state index in [0.29, 0.717) is 18.4 Å². The van der Waals surface area contributed by atoms with Crippen molar-refractivity contribution in [3.05, 3.63) is 11.7 Å². The molecule has 1 aliphatic carbocycles. The van der Waals surface area contributed by atoms with E-state index in [-0.39, 0.29) is 11.9 Å². The molecule has 0 N–H and O–H groups in total. The molecule has 3 heterocycles. The van der Waals surface area contributed by atoms with E-state index in [9.17, 15) is 4.79 Å². The predicted octanol–water partition coefficient (Wildman–Crippen LogP) is 0.484. The van der Waals surface area contributed by atoms with Crippen LogP contribution in [0.2, 0.25) is 0 Å². The van der Waals surface area contributed by atoms with E-state index in [4.69, 9.17) is 9.26 Å². The summed E-state index contributed by atoms with van der Waals surface area (Å²) in [4.78, 5) is 23.5. The van der Waals surface area contributed by atoms with Gasteiger partial charge in [0.15, 0.2) is 5.82 Å². The van der Waals surface area contributed by atoms with Gasteiger partial charge in [-0.2, -0.15) is 4.98 Å². The van der Waals surface area contributed by atoms with Crippen molar-refractivity contribution in [1.82, 2.24) is 24.8 Å². The second-order valence-electron chi connectivity index (χ2n) is 7.25. The van der Waals surface area contributed by atoms with E-state index in [1.807, 2.05) is 4.90 Å². The smallest absolute Gasteiger partial charge is 0.243 e. The summed E-state index contributed by atoms with van der Waals surface area (Å²) >= 11 is 0. The molecule has 3 fully saturated rings. The van der Waals surface area contributed by atoms with Crippen molar-refractivity contribution in [2.45, 2.75) is 31.7 Å². The molecule has 3 aliphatic rings. The second kappa shape index (κ2) is 7.39. The fourth-order valence-electron chi connectivity index (χ4n) is 3.49. The zero-order chi connectivity index (χ0) is 17.2. The molecule has 4 rings (SSSR count). The summed E-state index contributed by atoms with van der Waals surface area (Å²) in [6, 6.07) is 0.108. The summed E-state index contributed by atoms with van der Waals surface area (Å²) < 4.78 is 10.8. The van der Waals surface area contributed by atoms with Gasteiger partial charge >= 0.3 is 0 Å². The number of morpholine rings is 1. The van der Waals surface area contributed by atoms with Crippen LogP contribution >= 0.6 is 0 Å². The van der Waals surface area contributed by atoms with Crippen LogP contribution in [0.4, 0.5) is 0 Å². The zero-order valence-electron chi connectivity index (χ0n) is 14.9. The lowest BCUT2D eigenvalue weighted by Crippen LogP contribution is -2.52. The number of amides is 1. The van der Waals surface area contributed by atoms with Crippen molar-refractivity contribution >= 4 is 5.91 Å². The minimum absolute atomic E-state index is 0.108. The number of hydrogen-bond donors (Lipinski definition) is 0. The number of carbonyl (C=O) groups is 1. The van der Waals surface area contributed by atoms with E-state index in [2.05, 4.69) is 26.9 Å². The van der Waals surface area contributed by atoms with Gasteiger partial charge in [0.25, 0.3) is 0 Å². The minimum atomic E-state index is 0.108. The van der Waals surface area contributed by atoms with Crippen LogP contribution in [-0.4, -0.2) is 89.8 Å². The molecule has 138 valence electrons. The molecule has 2 saturated heterocycles. The predicted molar refractivity (Wildman–Crippen MR) is 90.1 cm³/mol. The third-order valence-corrected chi connectivity index (χ3v) is 5.43. The number of aromatic nitrogens is 2. The fourth-order valence-corrected chi connectivity index (χ4v) is 3.49. The first-order chi connectivity index (χ1) is 12.2. The third-order valence-electron chi connectivity index (χ3n) is 5.43. The van der Waals surface area contributed by atoms with Gasteiger partial charge in [0.05, 0.1) is 25.8 Å². The largest absolute Gasteiger partial charge is 0.379 e. The van der Waals surface area contributed by atoms with Gasteiger partial charge in [0.1, 0.15) is 0 Å². The van der Waals surface area contributed by atoms with Crippen molar-refractivity contribution in [3.63, 3.8) is 0 Å². The molecule has 1 aromatic rings. The van der Waals surface area contributed by atoms with Gasteiger partial charge in [-0.3, -0.25) is 14.6 Å². The van der Waals surface area contributed by atoms with E-state index in [1.165, 1.54) is 12.8 Å². The maximum absolute atomic E-state index is 12.5. The highest BCUT2D eigenvalue weighted by Crippen LogP contribution is 2.38. The van der Waals surface area contributed by atoms with Crippen LogP contribution in [-0.2, 0) is 9.53 Å². The molecule has 25 heavy (non-hydrogen) atoms. The van der Waals surface area contributed by atoms with Crippen molar-refractivity contribution in [1.29, 1.82) is 0 Å². The topological polar surface area (TPSA) is 74.9 Å². The Morgan fingerprint density at radius 2 is 1.88 bits per heavy atom. The molecular formula is C17H27N5O3. The lowest BCUT2D eigenvalue weighted by Gasteiger charge is -2.38. The lowest BCUT2D eigenvalue weighted by molar-refractivity contribution is -0.135. The van der Waals surface area contributed by atoms with Crippen molar-refractivity contribution in [2.24, 2.45) is 0 Å². The highest BCUT2D eigenvalue weighted by molar-refractivity contribution is 5.78. The Balaban J connectivity index is 1.26. The molecular weight excluding hydrogens is 322 g/mol. The summed E-state index contributed by atoms with van der Waals surface area (Å²) in [5, 5.41) is 4.11. The van der Waals surface area contributed by atoms with E-state index in [1.54, 1.807) is 0 Å². The van der Waals surface area contributed by atoms with Crippen LogP contribution in [0.15, 0.2) is 4.52 Å². The number of piperazine rings is 1. The first kappa shape index (κ1) is 16.9. The highest BCUT2D eigenvalue weighted by atomic mass is 16.5. The lowest BCUT2D eigenvalue weighted by atomic mass is 10.2. The molecule has 0 spiro atoms. The van der Waals surface area contributed by atoms with Crippen molar-refractivity contribution in [2.75, 3.05) is 59.0 Å². The molecule has 1 aromatic heterocycles. The zero-order valence-corrected chi connectivity index (χ0v) is 14.9. The molecule has 1 atom stereocenters. The summed E-state index contributed by atoms with van der Waals surface area (Å²) in [6.07, 6.45) is 2.36. The summed E-state index contributed by atoms with van der Waals surface area (Å²) in [6.45, 7) is 8.98. The SMILES string of the molecule is CC(c1nc(C2CC2)no1)N1CCN(C(=O)CN2CCOCC2)CC1. The maximum Gasteiger partial charge on any atom is 0.243 e. The van der Waals surface area contributed by atoms with E-state index < -0.39 is 0 Å². The molecule has 1 unspecified atom stereocenters. The average molecular weight is 349 g/mol. The molecule has 1 saturated carbocycles. The Kier molecular flexibility index (Phi) is 5.00. The van der Waals surface area contributed by atoms with E-state index in [0.717, 1.165) is 58.3 Å². The summed E-state index contributed by atoms with van der Waals surface area (Å²) in [5.41, 5.74) is 0. The molecule has 8 heteroatoms. The summed E-state index contributed by atoms with van der Waals surface area (Å²) in [7, 11) is 0. The van der Waals surface area contributed by atoms with Crippen LogP contribution in [0.5, 0.6) is 0 Å². The standard InChI is InChI=1S/C17H27N5O3/c1-13(17-18-16(19-25-17)14-2-3-14)21-4-6-22(7-5-21)15(23)12-20-8-10-24-11-9-20/h13-14H,2-12H2,1H3. The molecule has 1 amide bonds. The van der Waals surface area contributed by atoms with E-state index >= 15 is 0 Å². The van der Waals surface area contributed by atoms with Gasteiger partial charge in [0, 0.05) is 45.2 Å². The molecule has 8 nitrogen and oxygen atoms in total. The average Bonchev–Trinajstić information content (AvgIpc) is 3.39. The Morgan fingerprint density at radius 3 is 2.56 bits per heavy atom. The van der Waals surface area contributed by atoms with Gasteiger partial charge in [-0.05, 0) is 19.8 Å². The van der Waals surface area contributed by atoms with Gasteiger partial charge in [-0.1, -0.05) is 5.16 Å². The fraction of sp³-hybridized carbons (Fsp3) is 0.824. The van der Waals surface area contributed by atoms with Crippen molar-refractivity contribution in [3.8, 4) is 0 Å². The Morgan fingerprint density at radius 1 is 1.16 bits per heavy atom. The van der Waals surface area contributed by atoms with Gasteiger partial charge < -0.3 is 14.2 Å². The number of carbonyl (C=O) groups excluding carboxylic acids is 1. The van der Waals surface area contributed by atoms with Crippen LogP contribution in [0.1, 0.15) is 43.4 Å². The molecule has 0 aromatic carbocycles. The number of ether oxygens (including phenoxy) is 1. The first-order valence-corrected chi connectivity index (χ1v) is 9.36. The van der Waals surface area contributed by atoms with Crippen LogP contribution < -0.4 is 0 Å². The van der Waals surface area contributed by atoms with Crippen LogP contribution in [0, 0.1) is 0 Å². The van der Waals surface area contributed by atoms with Gasteiger partial charge in [-0.15, -0.1) is 0 Å². The number of nitrogens with zero attached hydrogens (tertiary/aromatic N) is 5. The van der Waals surface area contributed by atoms with Gasteiger partial charge in [-0.25, -0.2) is 0 Å². The van der Waals surface area contributed by atoms with Crippen LogP contribution in [0.25, 0.3) is 0 Å². The molecule has 2 aliphatic heterocycles. The quantitative estimate of drug-likeness (QED) is 0.765. The molecule has 0 radical (unpaired) electrons. The summed E-state index contributed by atoms with van der Waals surface area (Å²) in [5.74, 6) is 2.30. The minimum Gasteiger partial charge on any atom is -0.379 e. The first-order valence-electron chi connectivity index (χ1n) is 9.36. The second-order valence-corrected chi connectivity index (χ2v) is 7.25. The maximum atomic E-state index is 12.5. The molecule has 0 bridgehead atoms. The Bertz CT molecular complexity index is 589. The van der Waals surface area contributed by atoms with Gasteiger partial charge in [0.2, 0.25) is 11.8 Å². The third kappa shape index (κ3) is 4.02. The van der Waals surface area contributed by atoms with Crippen molar-refractivity contribution < 1.29 is 14.1 Å². The Hall–Kier alpha value is -1.51. The number of hydrogen-bond acceptors (Lipinski definition) is 7. The number of rotatable bonds is 5. The Labute approximate surface area is 148 Å². The highest BCUT2D eigenvalue weighted by Gasteiger charge is 2.32. The van der Waals surface area contributed by atoms with Crippen LogP contribution in [0.3, 0.4) is 0 Å².